The summed E-state index contributed by atoms with van der Waals surface area (Å²) in [5.41, 5.74) is 1.54. The van der Waals surface area contributed by atoms with Crippen LogP contribution in [0.2, 0.25) is 0 Å². The highest BCUT2D eigenvalue weighted by Crippen LogP contribution is 2.07. The van der Waals surface area contributed by atoms with Gasteiger partial charge in [-0.1, -0.05) is 12.1 Å². The molecule has 2 rings (SSSR count). The highest BCUT2D eigenvalue weighted by atomic mass is 16.4. The number of aryl methyl sites for hydroxylation is 1. The number of tetrazole rings is 1. The van der Waals surface area contributed by atoms with Crippen LogP contribution < -0.4 is 0 Å². The second-order valence-corrected chi connectivity index (χ2v) is 3.96. The van der Waals surface area contributed by atoms with E-state index < -0.39 is 5.97 Å². The van der Waals surface area contributed by atoms with Crippen molar-refractivity contribution in [3.8, 4) is 6.07 Å². The van der Waals surface area contributed by atoms with Crippen LogP contribution in [-0.4, -0.2) is 31.3 Å². The summed E-state index contributed by atoms with van der Waals surface area (Å²) in [6.07, 6.45) is 0.284. The topological polar surface area (TPSA) is 105 Å². The number of hydrogen-bond acceptors (Lipinski definition) is 5. The lowest BCUT2D eigenvalue weighted by molar-refractivity contribution is -0.137. The van der Waals surface area contributed by atoms with Crippen molar-refractivity contribution < 1.29 is 9.90 Å². The van der Waals surface area contributed by atoms with E-state index in [1.165, 1.54) is 0 Å². The number of nitrogens with zero attached hydrogens (tertiary/aromatic N) is 5. The molecule has 0 aliphatic rings. The van der Waals surface area contributed by atoms with Crippen molar-refractivity contribution in [1.82, 2.24) is 20.2 Å². The van der Waals surface area contributed by atoms with Crippen LogP contribution in [0.5, 0.6) is 0 Å². The van der Waals surface area contributed by atoms with Gasteiger partial charge in [0, 0.05) is 6.42 Å². The minimum Gasteiger partial charge on any atom is -0.481 e. The fourth-order valence-corrected chi connectivity index (χ4v) is 1.60. The Balaban J connectivity index is 2.08. The van der Waals surface area contributed by atoms with Crippen molar-refractivity contribution in [3.05, 3.63) is 41.2 Å². The van der Waals surface area contributed by atoms with Gasteiger partial charge < -0.3 is 5.11 Å². The summed E-state index contributed by atoms with van der Waals surface area (Å²) < 4.78 is 1.56. The standard InChI is InChI=1S/C12H11N5O2/c13-7-9-1-3-10(4-2-9)8-17-11(14-15-16-17)5-6-12(18)19/h1-4H,5-6,8H2,(H,18,19). The molecule has 0 fully saturated rings. The maximum Gasteiger partial charge on any atom is 0.303 e. The number of hydrogen-bond donors (Lipinski definition) is 1. The number of aromatic nitrogens is 4. The zero-order chi connectivity index (χ0) is 13.7. The normalized spacial score (nSPS) is 10.1. The summed E-state index contributed by atoms with van der Waals surface area (Å²) in [7, 11) is 0. The first-order chi connectivity index (χ1) is 9.19. The zero-order valence-electron chi connectivity index (χ0n) is 10.0. The van der Waals surface area contributed by atoms with Crippen LogP contribution in [0, 0.1) is 11.3 Å². The van der Waals surface area contributed by atoms with E-state index in [0.29, 0.717) is 24.4 Å². The Morgan fingerprint density at radius 3 is 2.74 bits per heavy atom. The molecule has 0 atom stereocenters. The number of carboxylic acids is 1. The maximum absolute atomic E-state index is 10.5. The largest absolute Gasteiger partial charge is 0.481 e. The summed E-state index contributed by atoms with van der Waals surface area (Å²) >= 11 is 0. The smallest absolute Gasteiger partial charge is 0.303 e. The van der Waals surface area contributed by atoms with E-state index in [4.69, 9.17) is 10.4 Å². The third-order valence-corrected chi connectivity index (χ3v) is 2.58. The molecule has 96 valence electrons. The molecule has 1 aromatic carbocycles. The van der Waals surface area contributed by atoms with Gasteiger partial charge in [-0.25, -0.2) is 4.68 Å². The molecule has 7 nitrogen and oxygen atoms in total. The second kappa shape index (κ2) is 5.73. The van der Waals surface area contributed by atoms with Crippen LogP contribution in [0.4, 0.5) is 0 Å². The number of rotatable bonds is 5. The van der Waals surface area contributed by atoms with Crippen molar-refractivity contribution in [2.24, 2.45) is 0 Å². The molecular formula is C12H11N5O2. The first kappa shape index (κ1) is 12.7. The molecule has 0 unspecified atom stereocenters. The molecular weight excluding hydrogens is 246 g/mol. The Morgan fingerprint density at radius 1 is 1.37 bits per heavy atom. The summed E-state index contributed by atoms with van der Waals surface area (Å²) in [4.78, 5) is 10.5. The van der Waals surface area contributed by atoms with E-state index in [-0.39, 0.29) is 6.42 Å². The van der Waals surface area contributed by atoms with Crippen molar-refractivity contribution >= 4 is 5.97 Å². The maximum atomic E-state index is 10.5. The van der Waals surface area contributed by atoms with Gasteiger partial charge in [0.2, 0.25) is 0 Å². The van der Waals surface area contributed by atoms with Crippen LogP contribution >= 0.6 is 0 Å². The van der Waals surface area contributed by atoms with Gasteiger partial charge in [-0.15, -0.1) is 5.10 Å². The average molecular weight is 257 g/mol. The Bertz CT molecular complexity index is 612. The lowest BCUT2D eigenvalue weighted by atomic mass is 10.1. The SMILES string of the molecule is N#Cc1ccc(Cn2nnnc2CCC(=O)O)cc1. The first-order valence-corrected chi connectivity index (χ1v) is 5.65. The Hall–Kier alpha value is -2.75. The van der Waals surface area contributed by atoms with Crippen molar-refractivity contribution in [2.45, 2.75) is 19.4 Å². The monoisotopic (exact) mass is 257 g/mol. The van der Waals surface area contributed by atoms with Crippen molar-refractivity contribution in [2.75, 3.05) is 0 Å². The highest BCUT2D eigenvalue weighted by Gasteiger charge is 2.08. The minimum absolute atomic E-state index is 0.00621. The van der Waals surface area contributed by atoms with Crippen molar-refractivity contribution in [3.63, 3.8) is 0 Å². The van der Waals surface area contributed by atoms with E-state index in [9.17, 15) is 4.79 Å². The van der Waals surface area contributed by atoms with Crippen LogP contribution in [-0.2, 0) is 17.8 Å². The first-order valence-electron chi connectivity index (χ1n) is 5.65. The average Bonchev–Trinajstić information content (AvgIpc) is 2.84. The summed E-state index contributed by atoms with van der Waals surface area (Å²) in [6.45, 7) is 0.452. The molecule has 1 N–H and O–H groups in total. The number of carboxylic acid groups (broad SMARTS) is 1. The quantitative estimate of drug-likeness (QED) is 0.841. The fourth-order valence-electron chi connectivity index (χ4n) is 1.60. The fraction of sp³-hybridized carbons (Fsp3) is 0.250. The van der Waals surface area contributed by atoms with Crippen LogP contribution in [0.15, 0.2) is 24.3 Å². The van der Waals surface area contributed by atoms with Gasteiger partial charge in [-0.3, -0.25) is 4.79 Å². The second-order valence-electron chi connectivity index (χ2n) is 3.96. The lowest BCUT2D eigenvalue weighted by Gasteiger charge is -2.04. The van der Waals surface area contributed by atoms with E-state index in [1.807, 2.05) is 18.2 Å². The molecule has 0 saturated heterocycles. The van der Waals surface area contributed by atoms with E-state index in [0.717, 1.165) is 5.56 Å². The Labute approximate surface area is 109 Å². The molecule has 2 aromatic rings. The third kappa shape index (κ3) is 3.35. The summed E-state index contributed by atoms with van der Waals surface area (Å²) in [5, 5.41) is 28.5. The van der Waals surface area contributed by atoms with E-state index in [1.54, 1.807) is 16.8 Å². The molecule has 0 aliphatic heterocycles. The van der Waals surface area contributed by atoms with Crippen LogP contribution in [0.3, 0.4) is 0 Å². The van der Waals surface area contributed by atoms with Crippen LogP contribution in [0.1, 0.15) is 23.4 Å². The van der Waals surface area contributed by atoms with Gasteiger partial charge in [0.15, 0.2) is 5.82 Å². The predicted octanol–water partition coefficient (Wildman–Crippen LogP) is 0.610. The molecule has 0 saturated carbocycles. The Morgan fingerprint density at radius 2 is 2.11 bits per heavy atom. The molecule has 19 heavy (non-hydrogen) atoms. The molecule has 0 radical (unpaired) electrons. The molecule has 1 aromatic heterocycles. The molecule has 0 bridgehead atoms. The minimum atomic E-state index is -0.882. The van der Waals surface area contributed by atoms with Gasteiger partial charge in [0.25, 0.3) is 0 Å². The summed E-state index contributed by atoms with van der Waals surface area (Å²) in [5.74, 6) is -0.348. The van der Waals surface area contributed by atoms with Gasteiger partial charge in [-0.2, -0.15) is 5.26 Å². The van der Waals surface area contributed by atoms with E-state index in [2.05, 4.69) is 15.5 Å². The molecule has 7 heteroatoms. The third-order valence-electron chi connectivity index (χ3n) is 2.58. The lowest BCUT2D eigenvalue weighted by Crippen LogP contribution is -2.09. The molecule has 0 spiro atoms. The van der Waals surface area contributed by atoms with Gasteiger partial charge in [-0.05, 0) is 28.1 Å². The molecule has 0 aliphatic carbocycles. The number of carbonyl (C=O) groups is 1. The number of nitriles is 1. The van der Waals surface area contributed by atoms with Crippen molar-refractivity contribution in [1.29, 1.82) is 5.26 Å². The Kier molecular flexibility index (Phi) is 3.83. The number of aliphatic carboxylic acids is 1. The van der Waals surface area contributed by atoms with E-state index >= 15 is 0 Å². The highest BCUT2D eigenvalue weighted by molar-refractivity contribution is 5.66. The predicted molar refractivity (Wildman–Crippen MR) is 64.0 cm³/mol. The van der Waals surface area contributed by atoms with Crippen LogP contribution in [0.25, 0.3) is 0 Å². The van der Waals surface area contributed by atoms with Gasteiger partial charge >= 0.3 is 5.97 Å². The molecule has 0 amide bonds. The molecule has 1 heterocycles. The van der Waals surface area contributed by atoms with Gasteiger partial charge in [0.1, 0.15) is 0 Å². The van der Waals surface area contributed by atoms with Gasteiger partial charge in [0.05, 0.1) is 24.6 Å². The number of benzene rings is 1. The summed E-state index contributed by atoms with van der Waals surface area (Å²) in [6, 6.07) is 9.12. The zero-order valence-corrected chi connectivity index (χ0v) is 10.0.